The molecule has 3 heterocycles. The average Bonchev–Trinajstić information content (AvgIpc) is 2.96. The number of rotatable bonds is 3. The van der Waals surface area contributed by atoms with Crippen molar-refractivity contribution < 1.29 is 34.8 Å². The average molecular weight is 438 g/mol. The summed E-state index contributed by atoms with van der Waals surface area (Å²) in [5, 5.41) is 0. The predicted octanol–water partition coefficient (Wildman–Crippen LogP) is 3.93. The minimum Gasteiger partial charge on any atom is -0.287 e. The summed E-state index contributed by atoms with van der Waals surface area (Å²) in [5.74, 6) is -0.505. The summed E-state index contributed by atoms with van der Waals surface area (Å²) >= 11 is 0. The van der Waals surface area contributed by atoms with Crippen LogP contribution >= 0.6 is 0 Å². The van der Waals surface area contributed by atoms with Crippen molar-refractivity contribution in [1.29, 1.82) is 0 Å². The molecular weight excluding hydrogens is 426 g/mol. The Morgan fingerprint density at radius 3 is 2.21 bits per heavy atom. The smallest absolute Gasteiger partial charge is 0.287 e. The lowest BCUT2D eigenvalue weighted by Crippen LogP contribution is -2.12. The molecule has 0 atom stereocenters. The normalized spacial score (nSPS) is 13.2. The maximum absolute atomic E-state index is 13.0. The summed E-state index contributed by atoms with van der Waals surface area (Å²) in [6.07, 6.45) is -8.26. The van der Waals surface area contributed by atoms with Gasteiger partial charge >= 0.3 is 12.4 Å². The van der Waals surface area contributed by atoms with Gasteiger partial charge in [0.1, 0.15) is 29.1 Å². The van der Waals surface area contributed by atoms with Crippen molar-refractivity contribution in [1.82, 2.24) is 19.4 Å². The molecular formula is C16H12F6N4O2S. The molecule has 0 unspecified atom stereocenters. The number of hydrogen-bond donors (Lipinski definition) is 0. The highest BCUT2D eigenvalue weighted by atomic mass is 32.2. The van der Waals surface area contributed by atoms with Crippen molar-refractivity contribution in [2.24, 2.45) is 0 Å². The van der Waals surface area contributed by atoms with Crippen molar-refractivity contribution in [3.05, 3.63) is 41.6 Å². The molecule has 0 saturated carbocycles. The molecule has 3 aromatic rings. The third kappa shape index (κ3) is 3.78. The van der Waals surface area contributed by atoms with Crippen LogP contribution in [0.4, 0.5) is 26.3 Å². The molecule has 0 aromatic carbocycles. The van der Waals surface area contributed by atoms with Crippen LogP contribution in [0.1, 0.15) is 23.9 Å². The van der Waals surface area contributed by atoms with Crippen LogP contribution in [0, 0.1) is 6.92 Å². The maximum atomic E-state index is 13.0. The first-order chi connectivity index (χ1) is 13.3. The van der Waals surface area contributed by atoms with E-state index < -0.39 is 44.1 Å². The van der Waals surface area contributed by atoms with Gasteiger partial charge in [-0.2, -0.15) is 26.3 Å². The van der Waals surface area contributed by atoms with E-state index in [4.69, 9.17) is 0 Å². The minimum atomic E-state index is -4.83. The minimum absolute atomic E-state index is 0.160. The summed E-state index contributed by atoms with van der Waals surface area (Å²) in [4.78, 5) is 10.2. The maximum Gasteiger partial charge on any atom is 0.433 e. The fourth-order valence-electron chi connectivity index (χ4n) is 2.61. The molecule has 3 aromatic heterocycles. The van der Waals surface area contributed by atoms with Crippen molar-refractivity contribution in [3.8, 4) is 11.4 Å². The van der Waals surface area contributed by atoms with Gasteiger partial charge in [0.05, 0.1) is 21.9 Å². The molecule has 0 aliphatic carbocycles. The van der Waals surface area contributed by atoms with Gasteiger partial charge in [-0.3, -0.25) is 9.38 Å². The topological polar surface area (TPSA) is 77.2 Å². The molecule has 0 saturated heterocycles. The van der Waals surface area contributed by atoms with Crippen molar-refractivity contribution >= 4 is 15.5 Å². The van der Waals surface area contributed by atoms with Crippen LogP contribution in [0.15, 0.2) is 29.6 Å². The second-order valence-electron chi connectivity index (χ2n) is 6.02. The Morgan fingerprint density at radius 2 is 1.66 bits per heavy atom. The molecule has 0 radical (unpaired) electrons. The Kier molecular flexibility index (Phi) is 4.84. The zero-order chi connectivity index (χ0) is 21.8. The third-order valence-electron chi connectivity index (χ3n) is 4.17. The molecule has 0 bridgehead atoms. The van der Waals surface area contributed by atoms with Crippen LogP contribution in [-0.2, 0) is 22.2 Å². The lowest BCUT2D eigenvalue weighted by molar-refractivity contribution is -0.141. The summed E-state index contributed by atoms with van der Waals surface area (Å²) in [6.45, 7) is 2.65. The van der Waals surface area contributed by atoms with E-state index in [2.05, 4.69) is 15.0 Å². The fourth-order valence-corrected chi connectivity index (χ4v) is 3.67. The highest BCUT2D eigenvalue weighted by Crippen LogP contribution is 2.35. The number of alkyl halides is 6. The molecule has 3 rings (SSSR count). The Bertz CT molecular complexity index is 1200. The second-order valence-corrected chi connectivity index (χ2v) is 8.26. The predicted molar refractivity (Wildman–Crippen MR) is 88.7 cm³/mol. The zero-order valence-corrected chi connectivity index (χ0v) is 15.6. The standard InChI is InChI=1S/C16H12F6N4O2S/c1-3-29(27,28)10-4-9(15(17,18)19)6-23-14(10)13-8(2)26-7-24-11(16(20,21)22)5-12(26)25-13/h4-7H,3H2,1-2H3. The van der Waals surface area contributed by atoms with Crippen LogP contribution in [-0.4, -0.2) is 33.5 Å². The molecule has 6 nitrogen and oxygen atoms in total. The molecule has 0 fully saturated rings. The Labute approximate surface area is 160 Å². The van der Waals surface area contributed by atoms with E-state index in [9.17, 15) is 34.8 Å². The Balaban J connectivity index is 2.30. The first-order valence-corrected chi connectivity index (χ1v) is 9.63. The number of pyridine rings is 1. The van der Waals surface area contributed by atoms with Gasteiger partial charge < -0.3 is 0 Å². The van der Waals surface area contributed by atoms with E-state index in [1.54, 1.807) is 0 Å². The summed E-state index contributed by atoms with van der Waals surface area (Å²) in [6, 6.07) is 1.10. The molecule has 0 spiro atoms. The van der Waals surface area contributed by atoms with E-state index in [1.165, 1.54) is 13.8 Å². The van der Waals surface area contributed by atoms with Gasteiger partial charge in [0.15, 0.2) is 9.84 Å². The zero-order valence-electron chi connectivity index (χ0n) is 14.8. The SMILES string of the molecule is CCS(=O)(=O)c1cc(C(F)(F)F)cnc1-c1nc2cc(C(F)(F)F)ncn2c1C. The van der Waals surface area contributed by atoms with Crippen molar-refractivity contribution in [2.75, 3.05) is 5.75 Å². The van der Waals surface area contributed by atoms with Crippen LogP contribution in [0.25, 0.3) is 17.0 Å². The number of aryl methyl sites for hydroxylation is 1. The molecule has 0 aliphatic rings. The summed E-state index contributed by atoms with van der Waals surface area (Å²) < 4.78 is 104. The molecule has 29 heavy (non-hydrogen) atoms. The van der Waals surface area contributed by atoms with E-state index >= 15 is 0 Å². The molecule has 0 aliphatic heterocycles. The van der Waals surface area contributed by atoms with Gasteiger partial charge in [-0.25, -0.2) is 18.4 Å². The lowest BCUT2D eigenvalue weighted by Gasteiger charge is -2.12. The number of hydrogen-bond acceptors (Lipinski definition) is 5. The van der Waals surface area contributed by atoms with Crippen molar-refractivity contribution in [2.45, 2.75) is 31.1 Å². The van der Waals surface area contributed by atoms with Crippen LogP contribution in [0.5, 0.6) is 0 Å². The van der Waals surface area contributed by atoms with E-state index in [-0.39, 0.29) is 22.7 Å². The second kappa shape index (κ2) is 6.68. The monoisotopic (exact) mass is 438 g/mol. The van der Waals surface area contributed by atoms with Gasteiger partial charge in [0, 0.05) is 12.3 Å². The number of halogens is 6. The van der Waals surface area contributed by atoms with Crippen molar-refractivity contribution in [3.63, 3.8) is 0 Å². The van der Waals surface area contributed by atoms with Gasteiger partial charge in [0.2, 0.25) is 0 Å². The third-order valence-corrected chi connectivity index (χ3v) is 5.91. The largest absolute Gasteiger partial charge is 0.433 e. The molecule has 156 valence electrons. The number of nitrogens with zero attached hydrogens (tertiary/aromatic N) is 4. The summed E-state index contributed by atoms with van der Waals surface area (Å²) in [7, 11) is -4.15. The van der Waals surface area contributed by atoms with Gasteiger partial charge in [-0.15, -0.1) is 0 Å². The Morgan fingerprint density at radius 1 is 1.00 bits per heavy atom. The number of sulfone groups is 1. The van der Waals surface area contributed by atoms with E-state index in [1.807, 2.05) is 0 Å². The number of aromatic nitrogens is 4. The number of imidazole rings is 1. The highest BCUT2D eigenvalue weighted by Gasteiger charge is 2.35. The molecule has 0 amide bonds. The van der Waals surface area contributed by atoms with Gasteiger partial charge in [-0.1, -0.05) is 6.92 Å². The van der Waals surface area contributed by atoms with E-state index in [0.717, 1.165) is 10.7 Å². The van der Waals surface area contributed by atoms with Crippen LogP contribution in [0.2, 0.25) is 0 Å². The van der Waals surface area contributed by atoms with Gasteiger partial charge in [0.25, 0.3) is 0 Å². The fraction of sp³-hybridized carbons (Fsp3) is 0.312. The molecule has 13 heteroatoms. The first kappa shape index (κ1) is 21.0. The molecule has 0 N–H and O–H groups in total. The Hall–Kier alpha value is -2.70. The van der Waals surface area contributed by atoms with Crippen LogP contribution < -0.4 is 0 Å². The van der Waals surface area contributed by atoms with Crippen LogP contribution in [0.3, 0.4) is 0 Å². The lowest BCUT2D eigenvalue weighted by atomic mass is 10.2. The highest BCUT2D eigenvalue weighted by molar-refractivity contribution is 7.91. The van der Waals surface area contributed by atoms with Gasteiger partial charge in [-0.05, 0) is 13.0 Å². The van der Waals surface area contributed by atoms with E-state index in [0.29, 0.717) is 18.3 Å². The quantitative estimate of drug-likeness (QED) is 0.579. The first-order valence-electron chi connectivity index (χ1n) is 7.98. The number of fused-ring (bicyclic) bond motifs is 1. The summed E-state index contributed by atoms with van der Waals surface area (Å²) in [5.41, 5.74) is -3.07.